The summed E-state index contributed by atoms with van der Waals surface area (Å²) in [5.74, 6) is -0.940. The predicted octanol–water partition coefficient (Wildman–Crippen LogP) is 2.93. The first-order valence-corrected chi connectivity index (χ1v) is 6.38. The molecule has 0 aliphatic rings. The minimum absolute atomic E-state index is 0.00931. The molecule has 0 radical (unpaired) electrons. The molecule has 0 unspecified atom stereocenters. The van der Waals surface area contributed by atoms with Crippen molar-refractivity contribution < 1.29 is 9.18 Å². The summed E-state index contributed by atoms with van der Waals surface area (Å²) < 4.78 is 14.2. The number of carbonyl (C=O) groups excluding carboxylic acids is 1. The highest BCUT2D eigenvalue weighted by molar-refractivity contribution is 6.06. The van der Waals surface area contributed by atoms with Gasteiger partial charge in [-0.2, -0.15) is 0 Å². The highest BCUT2D eigenvalue weighted by atomic mass is 19.1. The van der Waals surface area contributed by atoms with E-state index in [1.54, 1.807) is 7.05 Å². The predicted molar refractivity (Wildman–Crippen MR) is 77.5 cm³/mol. The zero-order chi connectivity index (χ0) is 14.5. The first-order chi connectivity index (χ1) is 9.69. The second kappa shape index (κ2) is 6.14. The molecule has 0 atom stereocenters. The second-order valence-electron chi connectivity index (χ2n) is 4.16. The molecule has 1 aromatic carbocycles. The van der Waals surface area contributed by atoms with Crippen LogP contribution in [0.2, 0.25) is 0 Å². The van der Waals surface area contributed by atoms with Gasteiger partial charge in [-0.25, -0.2) is 9.37 Å². The Bertz CT molecular complexity index is 601. The fraction of sp³-hybridized carbons (Fsp3) is 0.200. The Morgan fingerprint density at radius 2 is 2.00 bits per heavy atom. The van der Waals surface area contributed by atoms with E-state index in [2.05, 4.69) is 10.3 Å². The number of hydrogen-bond donors (Lipinski definition) is 1. The lowest BCUT2D eigenvalue weighted by atomic mass is 10.2. The van der Waals surface area contributed by atoms with Gasteiger partial charge in [0.15, 0.2) is 11.6 Å². The molecule has 0 aliphatic carbocycles. The van der Waals surface area contributed by atoms with Gasteiger partial charge in [-0.3, -0.25) is 4.79 Å². The lowest BCUT2D eigenvalue weighted by molar-refractivity contribution is 0.0984. The zero-order valence-electron chi connectivity index (χ0n) is 11.4. The van der Waals surface area contributed by atoms with Crippen molar-refractivity contribution >= 4 is 17.4 Å². The fourth-order valence-electron chi connectivity index (χ4n) is 1.98. The van der Waals surface area contributed by atoms with Crippen LogP contribution in [0.15, 0.2) is 42.6 Å². The molecule has 4 nitrogen and oxygen atoms in total. The lowest BCUT2D eigenvalue weighted by Gasteiger charge is -2.21. The monoisotopic (exact) mass is 273 g/mol. The van der Waals surface area contributed by atoms with Crippen LogP contribution < -0.4 is 10.2 Å². The number of nitrogens with zero attached hydrogens (tertiary/aromatic N) is 2. The van der Waals surface area contributed by atoms with Gasteiger partial charge in [0.2, 0.25) is 0 Å². The average molecular weight is 273 g/mol. The Morgan fingerprint density at radius 1 is 1.30 bits per heavy atom. The molecule has 0 aliphatic heterocycles. The Balaban J connectivity index is 2.39. The first-order valence-electron chi connectivity index (χ1n) is 6.38. The van der Waals surface area contributed by atoms with Crippen molar-refractivity contribution in [2.45, 2.75) is 6.92 Å². The number of halogens is 1. The van der Waals surface area contributed by atoms with E-state index in [1.807, 2.05) is 37.3 Å². The number of carbonyl (C=O) groups is 1. The maximum absolute atomic E-state index is 14.2. The summed E-state index contributed by atoms with van der Waals surface area (Å²) in [4.78, 5) is 17.9. The molecule has 5 heteroatoms. The van der Waals surface area contributed by atoms with Crippen molar-refractivity contribution in [2.75, 3.05) is 23.8 Å². The smallest absolute Gasteiger partial charge is 0.261 e. The van der Waals surface area contributed by atoms with Crippen molar-refractivity contribution in [3.05, 3.63) is 54.0 Å². The summed E-state index contributed by atoms with van der Waals surface area (Å²) in [6.07, 6.45) is 1.42. The maximum atomic E-state index is 14.2. The average Bonchev–Trinajstić information content (AvgIpc) is 2.49. The van der Waals surface area contributed by atoms with Gasteiger partial charge in [-0.15, -0.1) is 0 Å². The number of amides is 1. The lowest BCUT2D eigenvalue weighted by Crippen LogP contribution is -2.31. The molecule has 104 valence electrons. The molecular weight excluding hydrogens is 257 g/mol. The molecule has 0 saturated heterocycles. The van der Waals surface area contributed by atoms with E-state index < -0.39 is 5.82 Å². The number of rotatable bonds is 4. The Morgan fingerprint density at radius 3 is 2.60 bits per heavy atom. The van der Waals surface area contributed by atoms with Gasteiger partial charge in [0.1, 0.15) is 0 Å². The topological polar surface area (TPSA) is 45.2 Å². The van der Waals surface area contributed by atoms with Gasteiger partial charge < -0.3 is 10.2 Å². The molecular formula is C15H16FN3O. The van der Waals surface area contributed by atoms with Crippen LogP contribution in [0.5, 0.6) is 0 Å². The number of nitrogens with one attached hydrogen (secondary N) is 1. The molecule has 0 fully saturated rings. The highest BCUT2D eigenvalue weighted by Gasteiger charge is 2.21. The van der Waals surface area contributed by atoms with Gasteiger partial charge in [0.05, 0.1) is 5.56 Å². The third-order valence-electron chi connectivity index (χ3n) is 2.99. The van der Waals surface area contributed by atoms with Gasteiger partial charge in [0.25, 0.3) is 5.91 Å². The molecule has 20 heavy (non-hydrogen) atoms. The largest absolute Gasteiger partial charge is 0.371 e. The quantitative estimate of drug-likeness (QED) is 0.931. The van der Waals surface area contributed by atoms with Crippen LogP contribution in [-0.2, 0) is 0 Å². The SMILES string of the molecule is CCN(C(=O)c1ccnc(NC)c1F)c1ccccc1. The first kappa shape index (κ1) is 14.0. The van der Waals surface area contributed by atoms with E-state index in [-0.39, 0.29) is 17.3 Å². The van der Waals surface area contributed by atoms with Crippen molar-refractivity contribution in [2.24, 2.45) is 0 Å². The summed E-state index contributed by atoms with van der Waals surface area (Å²) in [5.41, 5.74) is 0.747. The molecule has 2 aromatic rings. The van der Waals surface area contributed by atoms with Crippen LogP contribution in [0.25, 0.3) is 0 Å². The van der Waals surface area contributed by atoms with Gasteiger partial charge in [-0.1, -0.05) is 18.2 Å². The zero-order valence-corrected chi connectivity index (χ0v) is 11.4. The van der Waals surface area contributed by atoms with Crippen LogP contribution in [-0.4, -0.2) is 24.5 Å². The van der Waals surface area contributed by atoms with Gasteiger partial charge >= 0.3 is 0 Å². The maximum Gasteiger partial charge on any atom is 0.261 e. The highest BCUT2D eigenvalue weighted by Crippen LogP contribution is 2.20. The summed E-state index contributed by atoms with van der Waals surface area (Å²) >= 11 is 0. The number of aromatic nitrogens is 1. The van der Waals surface area contributed by atoms with Crippen molar-refractivity contribution in [3.8, 4) is 0 Å². The van der Waals surface area contributed by atoms with E-state index in [4.69, 9.17) is 0 Å². The van der Waals surface area contributed by atoms with Crippen LogP contribution in [0.4, 0.5) is 15.9 Å². The number of benzene rings is 1. The third-order valence-corrected chi connectivity index (χ3v) is 2.99. The van der Waals surface area contributed by atoms with Crippen LogP contribution in [0.3, 0.4) is 0 Å². The van der Waals surface area contributed by atoms with E-state index in [0.29, 0.717) is 6.54 Å². The summed E-state index contributed by atoms with van der Waals surface area (Å²) in [6.45, 7) is 2.31. The van der Waals surface area contributed by atoms with Crippen LogP contribution in [0.1, 0.15) is 17.3 Å². The van der Waals surface area contributed by atoms with E-state index in [9.17, 15) is 9.18 Å². The van der Waals surface area contributed by atoms with E-state index in [1.165, 1.54) is 17.2 Å². The molecule has 1 N–H and O–H groups in total. The number of hydrogen-bond acceptors (Lipinski definition) is 3. The minimum atomic E-state index is -0.630. The van der Waals surface area contributed by atoms with Crippen molar-refractivity contribution in [1.82, 2.24) is 4.98 Å². The molecule has 1 aromatic heterocycles. The fourth-order valence-corrected chi connectivity index (χ4v) is 1.98. The van der Waals surface area contributed by atoms with Crippen LogP contribution >= 0.6 is 0 Å². The second-order valence-corrected chi connectivity index (χ2v) is 4.16. The summed E-state index contributed by atoms with van der Waals surface area (Å²) in [6, 6.07) is 10.6. The van der Waals surface area contributed by atoms with Crippen molar-refractivity contribution in [3.63, 3.8) is 0 Å². The normalized spacial score (nSPS) is 10.2. The summed E-state index contributed by atoms with van der Waals surface area (Å²) in [7, 11) is 1.56. The number of pyridine rings is 1. The molecule has 0 spiro atoms. The third kappa shape index (κ3) is 2.61. The minimum Gasteiger partial charge on any atom is -0.371 e. The molecule has 0 bridgehead atoms. The Kier molecular flexibility index (Phi) is 4.30. The van der Waals surface area contributed by atoms with Crippen LogP contribution in [0, 0.1) is 5.82 Å². The molecule has 1 amide bonds. The Labute approximate surface area is 117 Å². The van der Waals surface area contributed by atoms with E-state index >= 15 is 0 Å². The summed E-state index contributed by atoms with van der Waals surface area (Å²) in [5, 5.41) is 2.63. The van der Waals surface area contributed by atoms with Crippen molar-refractivity contribution in [1.29, 1.82) is 0 Å². The van der Waals surface area contributed by atoms with Gasteiger partial charge in [-0.05, 0) is 25.1 Å². The molecule has 2 rings (SSSR count). The standard InChI is InChI=1S/C15H16FN3O/c1-3-19(11-7-5-4-6-8-11)15(20)12-9-10-18-14(17-2)13(12)16/h4-10H,3H2,1-2H3,(H,17,18). The molecule has 1 heterocycles. The molecule has 0 saturated carbocycles. The van der Waals surface area contributed by atoms with Gasteiger partial charge in [0, 0.05) is 25.5 Å². The van der Waals surface area contributed by atoms with E-state index in [0.717, 1.165) is 5.69 Å². The number of para-hydroxylation sites is 1. The number of anilines is 2. The Hall–Kier alpha value is -2.43.